The van der Waals surface area contributed by atoms with Crippen molar-refractivity contribution < 1.29 is 4.79 Å². The molecule has 0 aliphatic carbocycles. The number of rotatable bonds is 5. The second-order valence-corrected chi connectivity index (χ2v) is 6.59. The lowest BCUT2D eigenvalue weighted by Gasteiger charge is -2.38. The van der Waals surface area contributed by atoms with Gasteiger partial charge in [0.1, 0.15) is 0 Å². The second kappa shape index (κ2) is 10.9. The maximum Gasteiger partial charge on any atom is 0.224 e. The third kappa shape index (κ3) is 6.25. The van der Waals surface area contributed by atoms with Crippen molar-refractivity contribution in [1.29, 1.82) is 0 Å². The number of carbonyl (C=O) groups is 1. The largest absolute Gasteiger partial charge is 0.343 e. The van der Waals surface area contributed by atoms with E-state index in [1.165, 1.54) is 0 Å². The van der Waals surface area contributed by atoms with E-state index in [0.29, 0.717) is 18.5 Å². The van der Waals surface area contributed by atoms with Crippen molar-refractivity contribution in [1.82, 2.24) is 9.80 Å². The fourth-order valence-electron chi connectivity index (χ4n) is 3.14. The molecule has 2 N–H and O–H groups in total. The molecule has 1 atom stereocenters. The molecule has 1 unspecified atom stereocenters. The van der Waals surface area contributed by atoms with Crippen LogP contribution in [0.3, 0.4) is 0 Å². The zero-order chi connectivity index (χ0) is 16.1. The van der Waals surface area contributed by atoms with Gasteiger partial charge in [0.2, 0.25) is 5.91 Å². The number of nitrogens with two attached hydrogens (primary N) is 1. The number of halogens is 2. The van der Waals surface area contributed by atoms with Gasteiger partial charge in [-0.25, -0.2) is 0 Å². The molecule has 24 heavy (non-hydrogen) atoms. The Bertz CT molecular complexity index is 476. The van der Waals surface area contributed by atoms with Gasteiger partial charge in [-0.15, -0.1) is 24.8 Å². The van der Waals surface area contributed by atoms with Gasteiger partial charge in [0.25, 0.3) is 0 Å². The summed E-state index contributed by atoms with van der Waals surface area (Å²) in [6, 6.07) is 10.6. The smallest absolute Gasteiger partial charge is 0.224 e. The molecule has 0 bridgehead atoms. The van der Waals surface area contributed by atoms with Crippen LogP contribution in [0.25, 0.3) is 0 Å². The van der Waals surface area contributed by atoms with Crippen LogP contribution in [0.1, 0.15) is 44.7 Å². The van der Waals surface area contributed by atoms with Gasteiger partial charge in [-0.2, -0.15) is 0 Å². The first-order valence-electron chi connectivity index (χ1n) is 8.29. The monoisotopic (exact) mass is 375 g/mol. The molecule has 4 nitrogen and oxygen atoms in total. The van der Waals surface area contributed by atoms with E-state index < -0.39 is 0 Å². The number of amides is 1. The SMILES string of the molecule is CC(C)N1CCC(N(C)C(=O)CC(N)c2ccccc2)CC1.Cl.Cl. The Hall–Kier alpha value is -0.810. The number of carbonyl (C=O) groups excluding carboxylic acids is 1. The quantitative estimate of drug-likeness (QED) is 0.858. The van der Waals surface area contributed by atoms with E-state index in [1.807, 2.05) is 42.3 Å². The average molecular weight is 376 g/mol. The number of piperidine rings is 1. The van der Waals surface area contributed by atoms with Crippen LogP contribution in [0.4, 0.5) is 0 Å². The van der Waals surface area contributed by atoms with Gasteiger partial charge >= 0.3 is 0 Å². The van der Waals surface area contributed by atoms with Crippen molar-refractivity contribution in [2.24, 2.45) is 5.73 Å². The maximum atomic E-state index is 12.5. The van der Waals surface area contributed by atoms with Crippen molar-refractivity contribution in [3.8, 4) is 0 Å². The highest BCUT2D eigenvalue weighted by Gasteiger charge is 2.27. The van der Waals surface area contributed by atoms with E-state index in [1.54, 1.807) is 0 Å². The van der Waals surface area contributed by atoms with Crippen molar-refractivity contribution >= 4 is 30.7 Å². The molecule has 0 aromatic heterocycles. The van der Waals surface area contributed by atoms with Crippen LogP contribution in [0.15, 0.2) is 30.3 Å². The molecule has 1 aliphatic heterocycles. The molecule has 1 fully saturated rings. The number of hydrogen-bond donors (Lipinski definition) is 1. The number of benzene rings is 1. The molecule has 1 aliphatic rings. The zero-order valence-electron chi connectivity index (χ0n) is 14.9. The Morgan fingerprint density at radius 1 is 1.21 bits per heavy atom. The van der Waals surface area contributed by atoms with Crippen molar-refractivity contribution in [2.75, 3.05) is 20.1 Å². The lowest BCUT2D eigenvalue weighted by atomic mass is 10.00. The van der Waals surface area contributed by atoms with Crippen LogP contribution in [-0.4, -0.2) is 47.9 Å². The minimum Gasteiger partial charge on any atom is -0.343 e. The molecule has 1 saturated heterocycles. The van der Waals surface area contributed by atoms with E-state index in [9.17, 15) is 4.79 Å². The summed E-state index contributed by atoms with van der Waals surface area (Å²) in [5.41, 5.74) is 7.20. The molecule has 2 rings (SSSR count). The lowest BCUT2D eigenvalue weighted by molar-refractivity contribution is -0.133. The summed E-state index contributed by atoms with van der Waals surface area (Å²) in [6.07, 6.45) is 2.49. The normalized spacial score (nSPS) is 16.9. The molecule has 1 aromatic rings. The molecule has 1 heterocycles. The second-order valence-electron chi connectivity index (χ2n) is 6.59. The summed E-state index contributed by atoms with van der Waals surface area (Å²) >= 11 is 0. The Morgan fingerprint density at radius 3 is 2.25 bits per heavy atom. The van der Waals surface area contributed by atoms with E-state index in [2.05, 4.69) is 18.7 Å². The van der Waals surface area contributed by atoms with E-state index in [-0.39, 0.29) is 36.8 Å². The zero-order valence-corrected chi connectivity index (χ0v) is 16.5. The lowest BCUT2D eigenvalue weighted by Crippen LogP contribution is -2.47. The summed E-state index contributed by atoms with van der Waals surface area (Å²) in [7, 11) is 1.93. The fourth-order valence-corrected chi connectivity index (χ4v) is 3.14. The van der Waals surface area contributed by atoms with E-state index in [0.717, 1.165) is 31.5 Å². The fraction of sp³-hybridized carbons (Fsp3) is 0.611. The topological polar surface area (TPSA) is 49.6 Å². The highest BCUT2D eigenvalue weighted by atomic mass is 35.5. The van der Waals surface area contributed by atoms with Crippen molar-refractivity contribution in [3.63, 3.8) is 0 Å². The standard InChI is InChI=1S/C18H29N3O.2ClH/c1-14(2)21-11-9-16(10-12-21)20(3)18(22)13-17(19)15-7-5-4-6-8-15;;/h4-8,14,16-17H,9-13,19H2,1-3H3;2*1H. The Labute approximate surface area is 158 Å². The van der Waals surface area contributed by atoms with Gasteiger partial charge in [-0.3, -0.25) is 4.79 Å². The van der Waals surface area contributed by atoms with Gasteiger partial charge in [0, 0.05) is 44.7 Å². The van der Waals surface area contributed by atoms with Crippen molar-refractivity contribution in [2.45, 2.75) is 51.2 Å². The predicted molar refractivity (Wildman–Crippen MR) is 105 cm³/mol. The Balaban J connectivity index is 0.00000264. The van der Waals surface area contributed by atoms with Gasteiger partial charge in [0.05, 0.1) is 0 Å². The first-order valence-corrected chi connectivity index (χ1v) is 8.29. The molecule has 0 spiro atoms. The summed E-state index contributed by atoms with van der Waals surface area (Å²) in [5, 5.41) is 0. The third-order valence-corrected chi connectivity index (χ3v) is 4.79. The highest BCUT2D eigenvalue weighted by molar-refractivity contribution is 5.85. The summed E-state index contributed by atoms with van der Waals surface area (Å²) in [4.78, 5) is 16.9. The number of likely N-dealkylation sites (tertiary alicyclic amines) is 1. The Kier molecular flexibility index (Phi) is 10.6. The van der Waals surface area contributed by atoms with Gasteiger partial charge in [-0.05, 0) is 32.3 Å². The average Bonchev–Trinajstić information content (AvgIpc) is 2.55. The molecule has 0 saturated carbocycles. The Morgan fingerprint density at radius 2 is 1.75 bits per heavy atom. The van der Waals surface area contributed by atoms with Crippen LogP contribution in [-0.2, 0) is 4.79 Å². The van der Waals surface area contributed by atoms with Crippen LogP contribution >= 0.6 is 24.8 Å². The van der Waals surface area contributed by atoms with Crippen molar-refractivity contribution in [3.05, 3.63) is 35.9 Å². The number of hydrogen-bond acceptors (Lipinski definition) is 3. The molecule has 1 aromatic carbocycles. The van der Waals surface area contributed by atoms with E-state index in [4.69, 9.17) is 5.73 Å². The van der Waals surface area contributed by atoms with Crippen LogP contribution in [0.5, 0.6) is 0 Å². The molecular formula is C18H31Cl2N3O. The number of nitrogens with zero attached hydrogens (tertiary/aromatic N) is 2. The van der Waals surface area contributed by atoms with E-state index >= 15 is 0 Å². The minimum absolute atomic E-state index is 0. The predicted octanol–water partition coefficient (Wildman–Crippen LogP) is 3.25. The third-order valence-electron chi connectivity index (χ3n) is 4.79. The van der Waals surface area contributed by atoms with Gasteiger partial charge in [-0.1, -0.05) is 30.3 Å². The molecule has 1 amide bonds. The molecular weight excluding hydrogens is 345 g/mol. The maximum absolute atomic E-state index is 12.5. The summed E-state index contributed by atoms with van der Waals surface area (Å²) in [5.74, 6) is 0.152. The van der Waals surface area contributed by atoms with Gasteiger partial charge < -0.3 is 15.5 Å². The first-order chi connectivity index (χ1) is 10.5. The van der Waals surface area contributed by atoms with Gasteiger partial charge in [0.15, 0.2) is 0 Å². The summed E-state index contributed by atoms with van der Waals surface area (Å²) in [6.45, 7) is 6.61. The highest BCUT2D eigenvalue weighted by Crippen LogP contribution is 2.20. The molecule has 0 radical (unpaired) electrons. The van der Waals surface area contributed by atoms with Crippen LogP contribution in [0.2, 0.25) is 0 Å². The first kappa shape index (κ1) is 23.2. The molecule has 138 valence electrons. The molecule has 6 heteroatoms. The van der Waals surface area contributed by atoms with Crippen LogP contribution < -0.4 is 5.73 Å². The summed E-state index contributed by atoms with van der Waals surface area (Å²) < 4.78 is 0. The van der Waals surface area contributed by atoms with Crippen LogP contribution in [0, 0.1) is 0 Å². The minimum atomic E-state index is -0.216.